The largest absolute Gasteiger partial charge is 0.340 e. The number of hydrogen-bond acceptors (Lipinski definition) is 8. The van der Waals surface area contributed by atoms with Gasteiger partial charge in [0.15, 0.2) is 5.65 Å². The van der Waals surface area contributed by atoms with Crippen LogP contribution in [-0.4, -0.2) is 39.3 Å². The molecule has 0 atom stereocenters. The van der Waals surface area contributed by atoms with Gasteiger partial charge in [0.05, 0.1) is 10.6 Å². The number of carbonyl (C=O) groups is 1. The van der Waals surface area contributed by atoms with E-state index in [9.17, 15) is 13.2 Å². The van der Waals surface area contributed by atoms with Crippen molar-refractivity contribution in [1.82, 2.24) is 18.9 Å². The fourth-order valence-corrected chi connectivity index (χ4v) is 6.40. The molecule has 1 aliphatic rings. The first-order valence-electron chi connectivity index (χ1n) is 13.4. The number of anilines is 3. The van der Waals surface area contributed by atoms with Crippen molar-refractivity contribution in [3.63, 3.8) is 0 Å². The van der Waals surface area contributed by atoms with E-state index in [4.69, 9.17) is 5.73 Å². The lowest BCUT2D eigenvalue weighted by atomic mass is 9.86. The van der Waals surface area contributed by atoms with Gasteiger partial charge in [0.2, 0.25) is 5.91 Å². The maximum atomic E-state index is 13.1. The van der Waals surface area contributed by atoms with Crippen molar-refractivity contribution in [2.24, 2.45) is 11.7 Å². The highest BCUT2D eigenvalue weighted by Gasteiger charge is 2.24. The highest BCUT2D eigenvalue weighted by molar-refractivity contribution is 7.90. The van der Waals surface area contributed by atoms with Gasteiger partial charge in [-0.15, -0.1) is 0 Å². The number of hydrogen-bond donors (Lipinski definition) is 3. The summed E-state index contributed by atoms with van der Waals surface area (Å²) < 4.78 is 27.4. The van der Waals surface area contributed by atoms with E-state index in [1.807, 2.05) is 30.3 Å². The van der Waals surface area contributed by atoms with Crippen molar-refractivity contribution < 1.29 is 13.2 Å². The molecule has 6 rings (SSSR count). The molecule has 11 heteroatoms. The zero-order valence-electron chi connectivity index (χ0n) is 22.1. The fraction of sp³-hybridized carbons (Fsp3) is 0.200. The topological polar surface area (TPSA) is 145 Å². The average molecular weight is 568 g/mol. The molecule has 0 unspecified atom stereocenters. The lowest BCUT2D eigenvalue weighted by Crippen LogP contribution is -2.32. The Morgan fingerprint density at radius 3 is 2.46 bits per heavy atom. The minimum Gasteiger partial charge on any atom is -0.340 e. The normalized spacial score (nSPS) is 17.3. The summed E-state index contributed by atoms with van der Waals surface area (Å²) in [5.41, 5.74) is 9.10. The van der Waals surface area contributed by atoms with Crippen LogP contribution in [0.5, 0.6) is 0 Å². The van der Waals surface area contributed by atoms with Crippen molar-refractivity contribution in [1.29, 1.82) is 0 Å². The van der Waals surface area contributed by atoms with Crippen molar-refractivity contribution >= 4 is 44.2 Å². The van der Waals surface area contributed by atoms with Crippen LogP contribution in [0, 0.1) is 5.92 Å². The van der Waals surface area contributed by atoms with Gasteiger partial charge in [0.1, 0.15) is 12.1 Å². The number of rotatable bonds is 7. The molecule has 1 saturated carbocycles. The Balaban J connectivity index is 1.19. The maximum absolute atomic E-state index is 13.1. The van der Waals surface area contributed by atoms with Gasteiger partial charge in [-0.05, 0) is 68.1 Å². The van der Waals surface area contributed by atoms with Gasteiger partial charge >= 0.3 is 0 Å². The third-order valence-electron chi connectivity index (χ3n) is 7.30. The third-order valence-corrected chi connectivity index (χ3v) is 8.98. The Labute approximate surface area is 237 Å². The second-order valence-corrected chi connectivity index (χ2v) is 12.0. The molecule has 1 aliphatic carbocycles. The molecule has 3 heterocycles. The second kappa shape index (κ2) is 11.1. The lowest BCUT2D eigenvalue weighted by Gasteiger charge is -2.25. The lowest BCUT2D eigenvalue weighted by molar-refractivity contribution is -0.120. The summed E-state index contributed by atoms with van der Waals surface area (Å²) >= 11 is 0. The maximum Gasteiger partial charge on any atom is 0.269 e. The quantitative estimate of drug-likeness (QED) is 0.251. The summed E-state index contributed by atoms with van der Waals surface area (Å²) in [5.74, 6) is 0.563. The van der Waals surface area contributed by atoms with Gasteiger partial charge in [0, 0.05) is 52.7 Å². The number of carbonyl (C=O) groups excluding carboxylic acids is 1. The molecule has 1 amide bonds. The predicted octanol–water partition coefficient (Wildman–Crippen LogP) is 4.93. The monoisotopic (exact) mass is 567 g/mol. The number of aromatic nitrogens is 4. The van der Waals surface area contributed by atoms with E-state index in [0.29, 0.717) is 33.8 Å². The molecule has 0 aliphatic heterocycles. The summed E-state index contributed by atoms with van der Waals surface area (Å²) in [6.45, 7) is 0. The standard InChI is InChI=1S/C30H29N7O3S/c31-23-11-9-20(10-12-23)30(38)36-25-6-4-5-24(16-25)35-28-17-27(33-19-34-28)22-15-21-13-14-37(29(21)32-18-22)41(39,40)26-7-2-1-3-8-26/h1-8,13-20,23H,9-12,31H2,(H,36,38)(H,33,34,35). The van der Waals surface area contributed by atoms with Crippen LogP contribution < -0.4 is 16.4 Å². The van der Waals surface area contributed by atoms with Crippen LogP contribution in [0.1, 0.15) is 25.7 Å². The molecule has 2 aromatic carbocycles. The Bertz CT molecular complexity index is 1810. The number of fused-ring (bicyclic) bond motifs is 1. The molecule has 0 radical (unpaired) electrons. The van der Waals surface area contributed by atoms with Crippen LogP contribution in [0.15, 0.2) is 96.4 Å². The molecule has 1 fully saturated rings. The van der Waals surface area contributed by atoms with Crippen LogP contribution in [0.4, 0.5) is 17.2 Å². The van der Waals surface area contributed by atoms with Gasteiger partial charge in [-0.1, -0.05) is 24.3 Å². The molecule has 5 aromatic rings. The number of nitrogens with two attached hydrogens (primary N) is 1. The Morgan fingerprint density at radius 2 is 1.66 bits per heavy atom. The molecular weight excluding hydrogens is 538 g/mol. The molecule has 0 spiro atoms. The summed E-state index contributed by atoms with van der Waals surface area (Å²) in [7, 11) is -3.77. The fourth-order valence-electron chi connectivity index (χ4n) is 5.07. The average Bonchev–Trinajstić information content (AvgIpc) is 3.43. The van der Waals surface area contributed by atoms with Crippen LogP contribution in [0.25, 0.3) is 22.3 Å². The highest BCUT2D eigenvalue weighted by atomic mass is 32.2. The third kappa shape index (κ3) is 5.67. The smallest absolute Gasteiger partial charge is 0.269 e. The number of benzene rings is 2. The van der Waals surface area contributed by atoms with Crippen LogP contribution in [0.3, 0.4) is 0 Å². The van der Waals surface area contributed by atoms with Gasteiger partial charge in [-0.25, -0.2) is 27.3 Å². The van der Waals surface area contributed by atoms with E-state index < -0.39 is 10.0 Å². The zero-order valence-corrected chi connectivity index (χ0v) is 23.0. The van der Waals surface area contributed by atoms with Crippen molar-refractivity contribution in [2.75, 3.05) is 10.6 Å². The highest BCUT2D eigenvalue weighted by Crippen LogP contribution is 2.28. The van der Waals surface area contributed by atoms with Gasteiger partial charge in [0.25, 0.3) is 10.0 Å². The molecule has 208 valence electrons. The minimum atomic E-state index is -3.77. The number of amides is 1. The minimum absolute atomic E-state index is 0.0165. The van der Waals surface area contributed by atoms with E-state index in [1.165, 1.54) is 16.5 Å². The summed E-state index contributed by atoms with van der Waals surface area (Å²) in [6.07, 6.45) is 7.91. The molecule has 0 bridgehead atoms. The van der Waals surface area contributed by atoms with E-state index in [0.717, 1.165) is 31.4 Å². The predicted molar refractivity (Wildman–Crippen MR) is 158 cm³/mol. The Kier molecular flexibility index (Phi) is 7.21. The van der Waals surface area contributed by atoms with Crippen LogP contribution in [-0.2, 0) is 14.8 Å². The van der Waals surface area contributed by atoms with Gasteiger partial charge in [-0.3, -0.25) is 4.79 Å². The number of nitrogens with zero attached hydrogens (tertiary/aromatic N) is 4. The first kappa shape index (κ1) is 26.6. The van der Waals surface area contributed by atoms with E-state index in [1.54, 1.807) is 48.7 Å². The molecule has 3 aromatic heterocycles. The number of nitrogens with one attached hydrogen (secondary N) is 2. The van der Waals surface area contributed by atoms with Gasteiger partial charge in [-0.2, -0.15) is 0 Å². The molecule has 4 N–H and O–H groups in total. The summed E-state index contributed by atoms with van der Waals surface area (Å²) in [4.78, 5) is 26.1. The molecule has 10 nitrogen and oxygen atoms in total. The van der Waals surface area contributed by atoms with E-state index in [-0.39, 0.29) is 22.8 Å². The van der Waals surface area contributed by atoms with Crippen molar-refractivity contribution in [2.45, 2.75) is 36.6 Å². The van der Waals surface area contributed by atoms with E-state index >= 15 is 0 Å². The Hall–Kier alpha value is -4.61. The van der Waals surface area contributed by atoms with Crippen LogP contribution >= 0.6 is 0 Å². The molecule has 0 saturated heterocycles. The first-order valence-corrected chi connectivity index (χ1v) is 14.8. The zero-order chi connectivity index (χ0) is 28.4. The van der Waals surface area contributed by atoms with E-state index in [2.05, 4.69) is 25.6 Å². The first-order chi connectivity index (χ1) is 19.9. The van der Waals surface area contributed by atoms with Crippen LogP contribution in [0.2, 0.25) is 0 Å². The number of pyridine rings is 1. The molecular formula is C30H29N7O3S. The Morgan fingerprint density at radius 1 is 0.878 bits per heavy atom. The second-order valence-electron chi connectivity index (χ2n) is 10.2. The van der Waals surface area contributed by atoms with Crippen molar-refractivity contribution in [3.05, 3.63) is 91.5 Å². The summed E-state index contributed by atoms with van der Waals surface area (Å²) in [6, 6.07) is 21.3. The summed E-state index contributed by atoms with van der Waals surface area (Å²) in [5, 5.41) is 6.96. The van der Waals surface area contributed by atoms with Crippen molar-refractivity contribution in [3.8, 4) is 11.3 Å². The molecule has 41 heavy (non-hydrogen) atoms. The SMILES string of the molecule is NC1CCC(C(=O)Nc2cccc(Nc3cc(-c4cnc5c(ccn5S(=O)(=O)c5ccccc5)c4)ncn3)c2)CC1. The van der Waals surface area contributed by atoms with Gasteiger partial charge < -0.3 is 16.4 Å².